The summed E-state index contributed by atoms with van der Waals surface area (Å²) in [7, 11) is 3.99. The fraction of sp³-hybridized carbons (Fsp3) is 0.389. The summed E-state index contributed by atoms with van der Waals surface area (Å²) in [5.41, 5.74) is 1.84. The average Bonchev–Trinajstić information content (AvgIpc) is 3.08. The summed E-state index contributed by atoms with van der Waals surface area (Å²) in [6, 6.07) is 12.1. The molecule has 0 bridgehead atoms. The van der Waals surface area contributed by atoms with Crippen molar-refractivity contribution in [1.29, 1.82) is 0 Å². The number of thiophene rings is 1. The van der Waals surface area contributed by atoms with Gasteiger partial charge in [-0.25, -0.2) is 0 Å². The van der Waals surface area contributed by atoms with Gasteiger partial charge in [0, 0.05) is 62.9 Å². The van der Waals surface area contributed by atoms with Crippen LogP contribution in [0.1, 0.15) is 15.2 Å². The van der Waals surface area contributed by atoms with Gasteiger partial charge in [-0.1, -0.05) is 12.1 Å². The molecule has 1 aliphatic heterocycles. The van der Waals surface area contributed by atoms with Crippen LogP contribution in [-0.4, -0.2) is 56.0 Å². The molecule has 3 rings (SSSR count). The van der Waals surface area contributed by atoms with Gasteiger partial charge in [-0.05, 0) is 29.6 Å². The highest BCUT2D eigenvalue weighted by Crippen LogP contribution is 2.17. The van der Waals surface area contributed by atoms with Gasteiger partial charge in [0.15, 0.2) is 0 Å². The van der Waals surface area contributed by atoms with E-state index in [1.165, 1.54) is 4.88 Å². The molecule has 0 radical (unpaired) electrons. The molecular formula is C18H23N3OS. The summed E-state index contributed by atoms with van der Waals surface area (Å²) < 4.78 is 0. The smallest absolute Gasteiger partial charge is 0.254 e. The van der Waals surface area contributed by atoms with Crippen LogP contribution in [0, 0.1) is 0 Å². The van der Waals surface area contributed by atoms with Gasteiger partial charge in [-0.3, -0.25) is 9.69 Å². The molecule has 0 aliphatic carbocycles. The predicted molar refractivity (Wildman–Crippen MR) is 96.3 cm³/mol. The van der Waals surface area contributed by atoms with E-state index < -0.39 is 0 Å². The Morgan fingerprint density at radius 1 is 1.13 bits per heavy atom. The normalized spacial score (nSPS) is 15.7. The molecule has 4 nitrogen and oxygen atoms in total. The van der Waals surface area contributed by atoms with Crippen molar-refractivity contribution in [3.8, 4) is 0 Å². The second kappa shape index (κ2) is 7.15. The third-order valence-electron chi connectivity index (χ3n) is 4.23. The third-order valence-corrected chi connectivity index (χ3v) is 5.09. The highest BCUT2D eigenvalue weighted by Gasteiger charge is 2.22. The zero-order valence-electron chi connectivity index (χ0n) is 13.7. The van der Waals surface area contributed by atoms with Crippen LogP contribution in [0.15, 0.2) is 41.8 Å². The molecule has 0 spiro atoms. The van der Waals surface area contributed by atoms with Gasteiger partial charge in [0.25, 0.3) is 5.91 Å². The number of carbonyl (C=O) groups excluding carboxylic acids is 1. The van der Waals surface area contributed by atoms with E-state index >= 15 is 0 Å². The molecule has 2 aromatic rings. The zero-order chi connectivity index (χ0) is 16.2. The van der Waals surface area contributed by atoms with Gasteiger partial charge in [0.2, 0.25) is 0 Å². The second-order valence-corrected chi connectivity index (χ2v) is 7.12. The van der Waals surface area contributed by atoms with E-state index in [2.05, 4.69) is 22.4 Å². The summed E-state index contributed by atoms with van der Waals surface area (Å²) in [6.07, 6.45) is 0. The minimum Gasteiger partial charge on any atom is -0.378 e. The van der Waals surface area contributed by atoms with Crippen LogP contribution in [0.25, 0.3) is 0 Å². The Morgan fingerprint density at radius 2 is 1.91 bits per heavy atom. The largest absolute Gasteiger partial charge is 0.378 e. The van der Waals surface area contributed by atoms with Crippen LogP contribution in [0.5, 0.6) is 0 Å². The standard InChI is InChI=1S/C18H23N3OS/c1-19(2)16-6-3-5-15(13-16)18(22)21-10-8-20(9-11-21)14-17-7-4-12-23-17/h3-7,12-13H,8-11,14H2,1-2H3. The van der Waals surface area contributed by atoms with Crippen LogP contribution >= 0.6 is 11.3 Å². The number of hydrogen-bond donors (Lipinski definition) is 0. The first kappa shape index (κ1) is 16.0. The molecule has 2 heterocycles. The molecule has 1 fully saturated rings. The Hall–Kier alpha value is -1.85. The molecular weight excluding hydrogens is 306 g/mol. The Kier molecular flexibility index (Phi) is 4.98. The van der Waals surface area contributed by atoms with E-state index in [0.717, 1.165) is 44.0 Å². The summed E-state index contributed by atoms with van der Waals surface area (Å²) >= 11 is 1.80. The fourth-order valence-electron chi connectivity index (χ4n) is 2.83. The first-order valence-electron chi connectivity index (χ1n) is 7.95. The molecule has 122 valence electrons. The van der Waals surface area contributed by atoms with Gasteiger partial charge >= 0.3 is 0 Å². The number of amides is 1. The molecule has 0 atom stereocenters. The lowest BCUT2D eigenvalue weighted by molar-refractivity contribution is 0.0629. The number of piperazine rings is 1. The van der Waals surface area contributed by atoms with E-state index in [1.54, 1.807) is 11.3 Å². The molecule has 0 N–H and O–H groups in total. The van der Waals surface area contributed by atoms with E-state index in [1.807, 2.05) is 48.2 Å². The summed E-state index contributed by atoms with van der Waals surface area (Å²) in [5.74, 6) is 0.143. The van der Waals surface area contributed by atoms with Crippen LogP contribution in [0.4, 0.5) is 5.69 Å². The van der Waals surface area contributed by atoms with Crippen molar-refractivity contribution >= 4 is 22.9 Å². The molecule has 1 aromatic carbocycles. The topological polar surface area (TPSA) is 26.8 Å². The lowest BCUT2D eigenvalue weighted by atomic mass is 10.1. The molecule has 0 unspecified atom stereocenters. The van der Waals surface area contributed by atoms with Gasteiger partial charge in [0.05, 0.1) is 0 Å². The van der Waals surface area contributed by atoms with Gasteiger partial charge in [-0.15, -0.1) is 11.3 Å². The van der Waals surface area contributed by atoms with Crippen LogP contribution < -0.4 is 4.90 Å². The number of nitrogens with zero attached hydrogens (tertiary/aromatic N) is 3. The summed E-state index contributed by atoms with van der Waals surface area (Å²) in [4.78, 5) is 20.5. The minimum atomic E-state index is 0.143. The number of benzene rings is 1. The van der Waals surface area contributed by atoms with Crippen molar-refractivity contribution in [3.05, 3.63) is 52.2 Å². The lowest BCUT2D eigenvalue weighted by Gasteiger charge is -2.34. The van der Waals surface area contributed by atoms with E-state index in [4.69, 9.17) is 0 Å². The number of carbonyl (C=O) groups is 1. The first-order valence-corrected chi connectivity index (χ1v) is 8.83. The molecule has 1 saturated heterocycles. The zero-order valence-corrected chi connectivity index (χ0v) is 14.6. The SMILES string of the molecule is CN(C)c1cccc(C(=O)N2CCN(Cc3cccs3)CC2)c1. The third kappa shape index (κ3) is 3.92. The Morgan fingerprint density at radius 3 is 2.57 bits per heavy atom. The Labute approximate surface area is 141 Å². The van der Waals surface area contributed by atoms with Crippen molar-refractivity contribution in [2.45, 2.75) is 6.54 Å². The van der Waals surface area contributed by atoms with E-state index in [-0.39, 0.29) is 5.91 Å². The number of anilines is 1. The number of hydrogen-bond acceptors (Lipinski definition) is 4. The molecule has 1 aliphatic rings. The minimum absolute atomic E-state index is 0.143. The van der Waals surface area contributed by atoms with Crippen molar-refractivity contribution in [2.75, 3.05) is 45.2 Å². The highest BCUT2D eigenvalue weighted by atomic mass is 32.1. The lowest BCUT2D eigenvalue weighted by Crippen LogP contribution is -2.48. The predicted octanol–water partition coefficient (Wildman–Crippen LogP) is 2.77. The summed E-state index contributed by atoms with van der Waals surface area (Å²) in [6.45, 7) is 4.48. The maximum Gasteiger partial charge on any atom is 0.254 e. The van der Waals surface area contributed by atoms with Crippen molar-refractivity contribution in [1.82, 2.24) is 9.80 Å². The second-order valence-electron chi connectivity index (χ2n) is 6.09. The van der Waals surface area contributed by atoms with Gasteiger partial charge < -0.3 is 9.80 Å². The van der Waals surface area contributed by atoms with Crippen molar-refractivity contribution < 1.29 is 4.79 Å². The van der Waals surface area contributed by atoms with E-state index in [9.17, 15) is 4.79 Å². The van der Waals surface area contributed by atoms with Gasteiger partial charge in [-0.2, -0.15) is 0 Å². The monoisotopic (exact) mass is 329 g/mol. The van der Waals surface area contributed by atoms with Crippen molar-refractivity contribution in [3.63, 3.8) is 0 Å². The van der Waals surface area contributed by atoms with Crippen molar-refractivity contribution in [2.24, 2.45) is 0 Å². The van der Waals surface area contributed by atoms with Crippen LogP contribution in [0.3, 0.4) is 0 Å². The first-order chi connectivity index (χ1) is 11.1. The van der Waals surface area contributed by atoms with E-state index in [0.29, 0.717) is 0 Å². The van der Waals surface area contributed by atoms with Crippen LogP contribution in [-0.2, 0) is 6.54 Å². The number of rotatable bonds is 4. The highest BCUT2D eigenvalue weighted by molar-refractivity contribution is 7.09. The molecule has 23 heavy (non-hydrogen) atoms. The quantitative estimate of drug-likeness (QED) is 0.863. The maximum atomic E-state index is 12.7. The Bertz CT molecular complexity index is 646. The molecule has 5 heteroatoms. The molecule has 1 aromatic heterocycles. The fourth-order valence-corrected chi connectivity index (χ4v) is 3.58. The average molecular weight is 329 g/mol. The van der Waals surface area contributed by atoms with Crippen LogP contribution in [0.2, 0.25) is 0 Å². The molecule has 0 saturated carbocycles. The molecule has 1 amide bonds. The van der Waals surface area contributed by atoms with Gasteiger partial charge in [0.1, 0.15) is 0 Å². The summed E-state index contributed by atoms with van der Waals surface area (Å²) in [5, 5.41) is 2.12. The maximum absolute atomic E-state index is 12.7. The Balaban J connectivity index is 1.58.